The van der Waals surface area contributed by atoms with Gasteiger partial charge in [0.25, 0.3) is 11.8 Å². The van der Waals surface area contributed by atoms with Crippen molar-refractivity contribution in [3.8, 4) is 0 Å². The third-order valence-corrected chi connectivity index (χ3v) is 11.9. The number of alkyl halides is 4. The van der Waals surface area contributed by atoms with Crippen LogP contribution in [-0.4, -0.2) is 40.8 Å². The van der Waals surface area contributed by atoms with Crippen LogP contribution in [0.5, 0.6) is 0 Å². The molecule has 2 fully saturated rings. The molecule has 0 aromatic heterocycles. The van der Waals surface area contributed by atoms with Crippen LogP contribution in [0.15, 0.2) is 116 Å². The Bertz CT molecular complexity index is 2630. The summed E-state index contributed by atoms with van der Waals surface area (Å²) < 4.78 is 56.5. The van der Waals surface area contributed by atoms with Crippen molar-refractivity contribution >= 4 is 140 Å². The summed E-state index contributed by atoms with van der Waals surface area (Å²) >= 11 is 57.1. The van der Waals surface area contributed by atoms with E-state index in [4.69, 9.17) is 121 Å². The van der Waals surface area contributed by atoms with Gasteiger partial charge in [0.1, 0.15) is 6.10 Å². The van der Waals surface area contributed by atoms with Gasteiger partial charge in [0.15, 0.2) is 17.9 Å². The summed E-state index contributed by atoms with van der Waals surface area (Å²) in [5.74, 6) is -9.31. The Labute approximate surface area is 433 Å². The Morgan fingerprint density at radius 2 is 1.03 bits per heavy atom. The predicted octanol–water partition coefficient (Wildman–Crippen LogP) is 17.5. The first-order valence-electron chi connectivity index (χ1n) is 18.9. The van der Waals surface area contributed by atoms with Crippen LogP contribution in [0.3, 0.4) is 0 Å². The number of ether oxygens (including phenoxy) is 1. The Morgan fingerprint density at radius 3 is 1.39 bits per heavy atom. The molecule has 4 atom stereocenters. The van der Waals surface area contributed by atoms with Gasteiger partial charge in [-0.25, -0.2) is 17.6 Å². The van der Waals surface area contributed by atoms with Crippen LogP contribution in [0, 0.1) is 11.8 Å². The molecule has 0 heterocycles. The number of aliphatic hydroxyl groups is 1. The number of Topliss-reactive ketones (excluding diaryl/α,β-unsaturated/α-hetero) is 1. The van der Waals surface area contributed by atoms with E-state index < -0.39 is 47.6 Å². The zero-order chi connectivity index (χ0) is 50.6. The second kappa shape index (κ2) is 26.0. The summed E-state index contributed by atoms with van der Waals surface area (Å²) in [6.45, 7) is 8.00. The third kappa shape index (κ3) is 17.8. The molecule has 67 heavy (non-hydrogen) atoms. The summed E-state index contributed by atoms with van der Waals surface area (Å²) in [5, 5.41) is 13.3. The van der Waals surface area contributed by atoms with Crippen LogP contribution in [0.4, 0.5) is 17.6 Å². The Morgan fingerprint density at radius 1 is 0.627 bits per heavy atom. The van der Waals surface area contributed by atoms with E-state index in [2.05, 4.69) is 13.2 Å². The van der Waals surface area contributed by atoms with Crippen LogP contribution in [0.2, 0.25) is 50.2 Å². The standard InChI is InChI=1S/C12H10Cl2F2O2.C10H6Cl2F2O.C9H8Cl2O.C9H6Cl2O.C7H4Cl2O/c1-6(17)18-11(9-5-12(9,15)16)8-3-2-7(13)4-10(8)14;11-5-1-2-6(8(12)3-5)9(15)7-4-10(7,13)14;2*1-2-9(12)7-4-3-6(10)5-8(7)11;8-6-2-1-5(4-10)7(9)3-6/h2-4,9,11H,5H2,1H3;1-3,7H,4H2;2-5,9,12H,1H2;2-5H,1H2;1-4H. The fourth-order valence-corrected chi connectivity index (χ4v) is 7.97. The molecule has 4 unspecified atom stereocenters. The van der Waals surface area contributed by atoms with Crippen molar-refractivity contribution in [3.63, 3.8) is 0 Å². The SMILES string of the molecule is C=CC(=O)c1ccc(Cl)cc1Cl.C=CC(O)c1ccc(Cl)cc1Cl.CC(=O)OC(c1ccc(Cl)cc1Cl)C1CC1(F)F.O=C(c1ccc(Cl)cc1Cl)C1CC1(F)F.O=Cc1ccc(Cl)cc1Cl. The van der Waals surface area contributed by atoms with Crippen LogP contribution >= 0.6 is 116 Å². The number of hydrogen-bond acceptors (Lipinski definition) is 6. The van der Waals surface area contributed by atoms with E-state index in [1.54, 1.807) is 42.5 Å². The molecule has 0 amide bonds. The van der Waals surface area contributed by atoms with E-state index in [-0.39, 0.29) is 34.2 Å². The minimum Gasteiger partial charge on any atom is -0.457 e. The summed E-state index contributed by atoms with van der Waals surface area (Å²) in [6.07, 6.45) is 0.884. The van der Waals surface area contributed by atoms with Gasteiger partial charge in [-0.1, -0.05) is 141 Å². The number of halogens is 14. The van der Waals surface area contributed by atoms with Gasteiger partial charge in [-0.2, -0.15) is 0 Å². The number of hydrogen-bond donors (Lipinski definition) is 1. The second-order valence-electron chi connectivity index (χ2n) is 14.1. The summed E-state index contributed by atoms with van der Waals surface area (Å²) in [7, 11) is 0. The maximum atomic E-state index is 13.1. The lowest BCUT2D eigenvalue weighted by Crippen LogP contribution is -2.14. The second-order valence-corrected chi connectivity index (χ2v) is 18.3. The van der Waals surface area contributed by atoms with Crippen LogP contribution in [0.1, 0.15) is 74.2 Å². The molecule has 6 nitrogen and oxygen atoms in total. The van der Waals surface area contributed by atoms with E-state index >= 15 is 0 Å². The number of esters is 1. The average Bonchev–Trinajstić information content (AvgIpc) is 4.11. The maximum Gasteiger partial charge on any atom is 0.303 e. The number of aldehydes is 1. The number of benzene rings is 5. The average molecular weight is 1130 g/mol. The highest BCUT2D eigenvalue weighted by molar-refractivity contribution is 6.38. The molecule has 7 rings (SSSR count). The molecular formula is C47H34Cl10F4O6. The molecule has 2 saturated carbocycles. The smallest absolute Gasteiger partial charge is 0.303 e. The zero-order valence-electron chi connectivity index (χ0n) is 34.3. The van der Waals surface area contributed by atoms with Crippen molar-refractivity contribution in [1.82, 2.24) is 0 Å². The van der Waals surface area contributed by atoms with Gasteiger partial charge in [-0.3, -0.25) is 19.2 Å². The lowest BCUT2D eigenvalue weighted by molar-refractivity contribution is -0.149. The minimum absolute atomic E-state index is 0.114. The van der Waals surface area contributed by atoms with Crippen molar-refractivity contribution in [3.05, 3.63) is 194 Å². The molecule has 0 saturated heterocycles. The highest BCUT2D eigenvalue weighted by Crippen LogP contribution is 2.57. The van der Waals surface area contributed by atoms with Crippen molar-refractivity contribution in [2.75, 3.05) is 0 Å². The van der Waals surface area contributed by atoms with Gasteiger partial charge >= 0.3 is 5.97 Å². The lowest BCUT2D eigenvalue weighted by atomic mass is 10.0. The minimum atomic E-state index is -2.86. The van der Waals surface area contributed by atoms with E-state index in [0.717, 1.165) is 0 Å². The number of ketones is 2. The normalized spacial score (nSPS) is 16.4. The van der Waals surface area contributed by atoms with E-state index in [1.807, 2.05) is 0 Å². The van der Waals surface area contributed by atoms with E-state index in [0.29, 0.717) is 68.7 Å². The molecule has 5 aromatic rings. The molecule has 20 heteroatoms. The lowest BCUT2D eigenvalue weighted by Gasteiger charge is -2.18. The molecule has 2 aliphatic rings. The number of aliphatic hydroxyl groups excluding tert-OH is 1. The van der Waals surface area contributed by atoms with Gasteiger partial charge in [0, 0.05) is 82.7 Å². The first-order valence-corrected chi connectivity index (χ1v) is 22.7. The Kier molecular flexibility index (Phi) is 22.5. The van der Waals surface area contributed by atoms with E-state index in [9.17, 15) is 41.8 Å². The van der Waals surface area contributed by atoms with Crippen molar-refractivity contribution in [2.24, 2.45) is 11.8 Å². The molecule has 5 aromatic carbocycles. The van der Waals surface area contributed by atoms with Crippen molar-refractivity contribution in [2.45, 2.75) is 43.8 Å². The summed E-state index contributed by atoms with van der Waals surface area (Å²) in [6, 6.07) is 23.1. The van der Waals surface area contributed by atoms with Gasteiger partial charge in [0.2, 0.25) is 0 Å². The number of rotatable bonds is 10. The highest BCUT2D eigenvalue weighted by atomic mass is 35.5. The molecule has 0 aliphatic heterocycles. The molecular weight excluding hydrogens is 1090 g/mol. The van der Waals surface area contributed by atoms with Crippen LogP contribution in [0.25, 0.3) is 0 Å². The number of carbonyl (C=O) groups excluding carboxylic acids is 4. The van der Waals surface area contributed by atoms with E-state index in [1.165, 1.54) is 67.6 Å². The Hall–Kier alpha value is -3.36. The Balaban J connectivity index is 0.000000226. The van der Waals surface area contributed by atoms with Gasteiger partial charge < -0.3 is 9.84 Å². The molecule has 0 radical (unpaired) electrons. The third-order valence-electron chi connectivity index (χ3n) is 9.12. The highest BCUT2D eigenvalue weighted by Gasteiger charge is 2.62. The largest absolute Gasteiger partial charge is 0.457 e. The zero-order valence-corrected chi connectivity index (χ0v) is 41.9. The summed E-state index contributed by atoms with van der Waals surface area (Å²) in [5.41, 5.74) is 1.99. The monoisotopic (exact) mass is 1120 g/mol. The van der Waals surface area contributed by atoms with Crippen LogP contribution < -0.4 is 0 Å². The van der Waals surface area contributed by atoms with Crippen LogP contribution in [-0.2, 0) is 9.53 Å². The topological polar surface area (TPSA) is 97.7 Å². The molecule has 356 valence electrons. The van der Waals surface area contributed by atoms with Gasteiger partial charge in [0.05, 0.1) is 33.0 Å². The van der Waals surface area contributed by atoms with Gasteiger partial charge in [-0.05, 0) is 84.9 Å². The molecule has 0 spiro atoms. The molecule has 2 aliphatic carbocycles. The fourth-order valence-electron chi connectivity index (χ4n) is 5.48. The van der Waals surface area contributed by atoms with Crippen molar-refractivity contribution in [1.29, 1.82) is 0 Å². The van der Waals surface area contributed by atoms with Crippen molar-refractivity contribution < 1.29 is 46.6 Å². The number of carbonyl (C=O) groups is 4. The molecule has 1 N–H and O–H groups in total. The first kappa shape index (κ1) is 58.0. The predicted molar refractivity (Wildman–Crippen MR) is 262 cm³/mol. The number of allylic oxidation sites excluding steroid dienone is 1. The fraction of sp³-hybridized carbons (Fsp3) is 0.191. The van der Waals surface area contributed by atoms with Gasteiger partial charge in [-0.15, -0.1) is 6.58 Å². The quantitative estimate of drug-likeness (QED) is 0.0374. The summed E-state index contributed by atoms with van der Waals surface area (Å²) in [4.78, 5) is 43.9. The maximum absolute atomic E-state index is 13.1. The first-order chi connectivity index (χ1) is 31.3. The molecule has 0 bridgehead atoms.